The molecule has 30 heavy (non-hydrogen) atoms. The number of carbonyl (C=O) groups is 1. The van der Waals surface area contributed by atoms with Crippen LogP contribution in [-0.4, -0.2) is 43.0 Å². The summed E-state index contributed by atoms with van der Waals surface area (Å²) in [5.74, 6) is 0.629. The summed E-state index contributed by atoms with van der Waals surface area (Å²) in [4.78, 5) is 19.6. The van der Waals surface area contributed by atoms with Crippen LogP contribution >= 0.6 is 0 Å². The van der Waals surface area contributed by atoms with Gasteiger partial charge in [0.15, 0.2) is 0 Å². The summed E-state index contributed by atoms with van der Waals surface area (Å²) in [6, 6.07) is 15.7. The lowest BCUT2D eigenvalue weighted by Gasteiger charge is -2.24. The lowest BCUT2D eigenvalue weighted by atomic mass is 9.98. The maximum atomic E-state index is 12.9. The SMILES string of the molecule is CN1CCC1.COc1ccc(C)c(C(=O)NC2(c3cccc4ncccc34)CC2)c1. The molecule has 0 atom stereocenters. The van der Waals surface area contributed by atoms with Gasteiger partial charge >= 0.3 is 0 Å². The van der Waals surface area contributed by atoms with Crippen molar-refractivity contribution in [1.82, 2.24) is 15.2 Å². The topological polar surface area (TPSA) is 54.5 Å². The maximum absolute atomic E-state index is 12.9. The minimum Gasteiger partial charge on any atom is -0.497 e. The number of carbonyl (C=O) groups excluding carboxylic acids is 1. The Balaban J connectivity index is 0.000000383. The Kier molecular flexibility index (Phi) is 5.73. The summed E-state index contributed by atoms with van der Waals surface area (Å²) >= 11 is 0. The van der Waals surface area contributed by atoms with Gasteiger partial charge in [-0.25, -0.2) is 0 Å². The highest BCUT2D eigenvalue weighted by atomic mass is 16.5. The van der Waals surface area contributed by atoms with Crippen LogP contribution in [0.5, 0.6) is 5.75 Å². The molecule has 2 aliphatic rings. The van der Waals surface area contributed by atoms with E-state index in [-0.39, 0.29) is 11.4 Å². The number of hydrogen-bond donors (Lipinski definition) is 1. The highest BCUT2D eigenvalue weighted by Gasteiger charge is 2.46. The van der Waals surface area contributed by atoms with Gasteiger partial charge in [-0.05, 0) is 81.7 Å². The van der Waals surface area contributed by atoms with E-state index in [1.807, 2.05) is 37.3 Å². The number of likely N-dealkylation sites (tertiary alicyclic amines) is 1. The van der Waals surface area contributed by atoms with Crippen LogP contribution in [0.4, 0.5) is 0 Å². The van der Waals surface area contributed by atoms with Crippen molar-refractivity contribution >= 4 is 16.8 Å². The molecule has 0 spiro atoms. The molecule has 0 unspecified atom stereocenters. The van der Waals surface area contributed by atoms with Gasteiger partial charge in [0.1, 0.15) is 5.75 Å². The molecular weight excluding hydrogens is 374 g/mol. The van der Waals surface area contributed by atoms with Crippen molar-refractivity contribution < 1.29 is 9.53 Å². The van der Waals surface area contributed by atoms with E-state index in [0.717, 1.165) is 34.9 Å². The zero-order chi connectivity index (χ0) is 21.1. The fraction of sp³-hybridized carbons (Fsp3) is 0.360. The van der Waals surface area contributed by atoms with Gasteiger partial charge in [0, 0.05) is 17.1 Å². The van der Waals surface area contributed by atoms with Gasteiger partial charge in [0.2, 0.25) is 0 Å². The first kappa shape index (κ1) is 20.4. The van der Waals surface area contributed by atoms with E-state index in [0.29, 0.717) is 11.3 Å². The number of nitrogens with zero attached hydrogens (tertiary/aromatic N) is 2. The second-order valence-corrected chi connectivity index (χ2v) is 8.25. The van der Waals surface area contributed by atoms with Crippen LogP contribution in [-0.2, 0) is 5.54 Å². The van der Waals surface area contributed by atoms with Crippen LogP contribution < -0.4 is 10.1 Å². The quantitative estimate of drug-likeness (QED) is 0.706. The van der Waals surface area contributed by atoms with Crippen molar-refractivity contribution in [2.75, 3.05) is 27.2 Å². The van der Waals surface area contributed by atoms with Crippen LogP contribution in [0, 0.1) is 6.92 Å². The molecule has 1 saturated carbocycles. The molecule has 1 amide bonds. The molecule has 0 bridgehead atoms. The summed E-state index contributed by atoms with van der Waals surface area (Å²) in [6.45, 7) is 4.58. The van der Waals surface area contributed by atoms with Crippen molar-refractivity contribution in [3.05, 3.63) is 71.4 Å². The van der Waals surface area contributed by atoms with Crippen LogP contribution in [0.3, 0.4) is 0 Å². The first-order valence-corrected chi connectivity index (χ1v) is 10.5. The van der Waals surface area contributed by atoms with Crippen molar-refractivity contribution in [2.24, 2.45) is 0 Å². The van der Waals surface area contributed by atoms with E-state index >= 15 is 0 Å². The Labute approximate surface area is 178 Å². The molecule has 5 nitrogen and oxygen atoms in total. The molecule has 3 aromatic rings. The van der Waals surface area contributed by atoms with E-state index in [9.17, 15) is 4.79 Å². The highest BCUT2D eigenvalue weighted by molar-refractivity contribution is 5.97. The normalized spacial score (nSPS) is 16.8. The van der Waals surface area contributed by atoms with Gasteiger partial charge in [0.05, 0.1) is 18.2 Å². The smallest absolute Gasteiger partial charge is 0.252 e. The largest absolute Gasteiger partial charge is 0.497 e. The Morgan fingerprint density at radius 3 is 2.53 bits per heavy atom. The molecule has 1 saturated heterocycles. The van der Waals surface area contributed by atoms with Crippen molar-refractivity contribution in [1.29, 1.82) is 0 Å². The minimum atomic E-state index is -0.296. The van der Waals surface area contributed by atoms with E-state index in [1.165, 1.54) is 19.5 Å². The summed E-state index contributed by atoms with van der Waals surface area (Å²) < 4.78 is 5.26. The second kappa shape index (κ2) is 8.44. The van der Waals surface area contributed by atoms with E-state index in [2.05, 4.69) is 34.4 Å². The molecule has 2 aromatic carbocycles. The van der Waals surface area contributed by atoms with Crippen molar-refractivity contribution in [2.45, 2.75) is 31.7 Å². The van der Waals surface area contributed by atoms with E-state index in [4.69, 9.17) is 4.74 Å². The van der Waals surface area contributed by atoms with Gasteiger partial charge in [-0.15, -0.1) is 0 Å². The van der Waals surface area contributed by atoms with Gasteiger partial charge < -0.3 is 15.0 Å². The van der Waals surface area contributed by atoms with Crippen molar-refractivity contribution in [3.8, 4) is 5.75 Å². The third-order valence-electron chi connectivity index (χ3n) is 6.03. The first-order chi connectivity index (χ1) is 14.5. The van der Waals surface area contributed by atoms with Gasteiger partial charge in [0.25, 0.3) is 5.91 Å². The number of amides is 1. The third kappa shape index (κ3) is 4.17. The number of aryl methyl sites for hydroxylation is 1. The number of hydrogen-bond acceptors (Lipinski definition) is 4. The zero-order valence-corrected chi connectivity index (χ0v) is 17.9. The highest BCUT2D eigenvalue weighted by Crippen LogP contribution is 2.48. The number of rotatable bonds is 4. The number of nitrogens with one attached hydrogen (secondary N) is 1. The molecule has 1 aliphatic carbocycles. The summed E-state index contributed by atoms with van der Waals surface area (Å²) in [7, 11) is 3.75. The molecule has 156 valence electrons. The summed E-state index contributed by atoms with van der Waals surface area (Å²) in [5, 5.41) is 4.36. The number of ether oxygens (including phenoxy) is 1. The molecule has 2 fully saturated rings. The molecule has 5 heteroatoms. The Bertz CT molecular complexity index is 1050. The van der Waals surface area contributed by atoms with Gasteiger partial charge in [-0.2, -0.15) is 0 Å². The fourth-order valence-electron chi connectivity index (χ4n) is 3.84. The minimum absolute atomic E-state index is 0.0604. The lowest BCUT2D eigenvalue weighted by molar-refractivity contribution is 0.0930. The van der Waals surface area contributed by atoms with Crippen LogP contribution in [0.25, 0.3) is 10.9 Å². The van der Waals surface area contributed by atoms with E-state index < -0.39 is 0 Å². The molecule has 1 aromatic heterocycles. The number of aromatic nitrogens is 1. The van der Waals surface area contributed by atoms with Crippen LogP contribution in [0.15, 0.2) is 54.7 Å². The monoisotopic (exact) mass is 403 g/mol. The zero-order valence-electron chi connectivity index (χ0n) is 17.9. The molecule has 0 radical (unpaired) electrons. The molecule has 5 rings (SSSR count). The second-order valence-electron chi connectivity index (χ2n) is 8.25. The Morgan fingerprint density at radius 1 is 1.13 bits per heavy atom. The maximum Gasteiger partial charge on any atom is 0.252 e. The van der Waals surface area contributed by atoms with E-state index in [1.54, 1.807) is 19.4 Å². The van der Waals surface area contributed by atoms with Gasteiger partial charge in [-0.3, -0.25) is 9.78 Å². The molecular formula is C25H29N3O2. The number of fused-ring (bicyclic) bond motifs is 1. The summed E-state index contributed by atoms with van der Waals surface area (Å²) in [6.07, 6.45) is 5.09. The third-order valence-corrected chi connectivity index (χ3v) is 6.03. The average Bonchev–Trinajstić information content (AvgIpc) is 3.53. The summed E-state index contributed by atoms with van der Waals surface area (Å²) in [5.41, 5.74) is 3.40. The average molecular weight is 404 g/mol. The predicted octanol–water partition coefficient (Wildman–Crippen LogP) is 4.29. The van der Waals surface area contributed by atoms with Crippen LogP contribution in [0.1, 0.15) is 40.7 Å². The lowest BCUT2D eigenvalue weighted by Crippen LogP contribution is -2.35. The molecule has 1 aliphatic heterocycles. The van der Waals surface area contributed by atoms with Crippen molar-refractivity contribution in [3.63, 3.8) is 0 Å². The predicted molar refractivity (Wildman–Crippen MR) is 120 cm³/mol. The van der Waals surface area contributed by atoms with Gasteiger partial charge in [-0.1, -0.05) is 24.3 Å². The first-order valence-electron chi connectivity index (χ1n) is 10.5. The Hall–Kier alpha value is -2.92. The number of methoxy groups -OCH3 is 1. The fourth-order valence-corrected chi connectivity index (χ4v) is 3.84. The molecule has 1 N–H and O–H groups in total. The standard InChI is InChI=1S/C21H20N2O2.C4H9N/c1-14-8-9-15(25-2)13-17(14)20(24)23-21(10-11-21)18-6-3-7-19-16(18)5-4-12-22-19;1-5-3-2-4-5/h3-9,12-13H,10-11H2,1-2H3,(H,23,24);2-4H2,1H3. The molecule has 2 heterocycles. The number of benzene rings is 2. The van der Waals surface area contributed by atoms with Crippen LogP contribution in [0.2, 0.25) is 0 Å². The number of pyridine rings is 1. The Morgan fingerprint density at radius 2 is 1.90 bits per heavy atom.